The van der Waals surface area contributed by atoms with Crippen LogP contribution in [0.5, 0.6) is 11.5 Å². The highest BCUT2D eigenvalue weighted by atomic mass is 32.2. The standard InChI is InChI=1S/C27H27N3O4S/c1-18-7-6-8-20(15-18)30-26(32)21-9-4-5-10-22(21)29-27(30)35-17-25(31)28-14-13-19-11-12-23(33-2)24(16-19)34-3/h4-12,15-16H,13-14,17H2,1-3H3,(H,28,31). The van der Waals surface area contributed by atoms with Gasteiger partial charge in [-0.15, -0.1) is 0 Å². The minimum absolute atomic E-state index is 0.131. The van der Waals surface area contributed by atoms with Crippen molar-refractivity contribution < 1.29 is 14.3 Å². The number of aryl methyl sites for hydroxylation is 1. The molecule has 0 aliphatic heterocycles. The van der Waals surface area contributed by atoms with Crippen molar-refractivity contribution >= 4 is 28.6 Å². The van der Waals surface area contributed by atoms with Crippen molar-refractivity contribution in [2.45, 2.75) is 18.5 Å². The molecule has 35 heavy (non-hydrogen) atoms. The second kappa shape index (κ2) is 11.1. The molecule has 0 spiro atoms. The Morgan fingerprint density at radius 3 is 2.57 bits per heavy atom. The minimum Gasteiger partial charge on any atom is -0.493 e. The van der Waals surface area contributed by atoms with Gasteiger partial charge in [0, 0.05) is 6.54 Å². The second-order valence-corrected chi connectivity index (χ2v) is 8.91. The molecular weight excluding hydrogens is 462 g/mol. The van der Waals surface area contributed by atoms with Crippen molar-refractivity contribution in [3.05, 3.63) is 88.2 Å². The summed E-state index contributed by atoms with van der Waals surface area (Å²) in [5.41, 5.74) is 3.24. The van der Waals surface area contributed by atoms with Gasteiger partial charge in [-0.05, 0) is 60.9 Å². The number of methoxy groups -OCH3 is 2. The van der Waals surface area contributed by atoms with Crippen molar-refractivity contribution in [3.8, 4) is 17.2 Å². The molecule has 0 atom stereocenters. The number of rotatable bonds is 9. The van der Waals surface area contributed by atoms with Crippen LogP contribution in [0, 0.1) is 6.92 Å². The topological polar surface area (TPSA) is 82.5 Å². The summed E-state index contributed by atoms with van der Waals surface area (Å²) in [6, 6.07) is 20.6. The van der Waals surface area contributed by atoms with Crippen LogP contribution < -0.4 is 20.3 Å². The van der Waals surface area contributed by atoms with E-state index < -0.39 is 0 Å². The van der Waals surface area contributed by atoms with Gasteiger partial charge in [-0.1, -0.05) is 42.1 Å². The van der Waals surface area contributed by atoms with Crippen LogP contribution in [0.1, 0.15) is 11.1 Å². The van der Waals surface area contributed by atoms with Gasteiger partial charge in [-0.2, -0.15) is 0 Å². The van der Waals surface area contributed by atoms with Crippen LogP contribution in [-0.2, 0) is 11.2 Å². The summed E-state index contributed by atoms with van der Waals surface area (Å²) in [6.07, 6.45) is 0.652. The number of nitrogens with one attached hydrogen (secondary N) is 1. The van der Waals surface area contributed by atoms with E-state index in [9.17, 15) is 9.59 Å². The van der Waals surface area contributed by atoms with E-state index >= 15 is 0 Å². The Kier molecular flexibility index (Phi) is 7.72. The summed E-state index contributed by atoms with van der Waals surface area (Å²) in [4.78, 5) is 30.6. The number of para-hydroxylation sites is 1. The maximum atomic E-state index is 13.3. The first kappa shape index (κ1) is 24.3. The predicted molar refractivity (Wildman–Crippen MR) is 139 cm³/mol. The van der Waals surface area contributed by atoms with E-state index in [4.69, 9.17) is 14.5 Å². The first-order chi connectivity index (χ1) is 17.0. The lowest BCUT2D eigenvalue weighted by molar-refractivity contribution is -0.118. The van der Waals surface area contributed by atoms with Gasteiger partial charge < -0.3 is 14.8 Å². The summed E-state index contributed by atoms with van der Waals surface area (Å²) >= 11 is 1.25. The zero-order valence-electron chi connectivity index (χ0n) is 19.9. The average molecular weight is 490 g/mol. The average Bonchev–Trinajstić information content (AvgIpc) is 2.87. The van der Waals surface area contributed by atoms with Gasteiger partial charge >= 0.3 is 0 Å². The number of ether oxygens (including phenoxy) is 2. The van der Waals surface area contributed by atoms with E-state index in [-0.39, 0.29) is 17.2 Å². The van der Waals surface area contributed by atoms with Gasteiger partial charge in [-0.3, -0.25) is 14.2 Å². The summed E-state index contributed by atoms with van der Waals surface area (Å²) in [6.45, 7) is 2.45. The highest BCUT2D eigenvalue weighted by molar-refractivity contribution is 7.99. The Labute approximate surface area is 208 Å². The van der Waals surface area contributed by atoms with Crippen LogP contribution >= 0.6 is 11.8 Å². The largest absolute Gasteiger partial charge is 0.493 e. The number of carbonyl (C=O) groups is 1. The van der Waals surface area contributed by atoms with Gasteiger partial charge in [0.1, 0.15) is 0 Å². The van der Waals surface area contributed by atoms with Crippen molar-refractivity contribution in [1.82, 2.24) is 14.9 Å². The van der Waals surface area contributed by atoms with Gasteiger partial charge in [0.25, 0.3) is 5.56 Å². The lowest BCUT2D eigenvalue weighted by atomic mass is 10.1. The smallest absolute Gasteiger partial charge is 0.266 e. The molecule has 0 radical (unpaired) electrons. The molecule has 0 saturated carbocycles. The Balaban J connectivity index is 1.47. The SMILES string of the molecule is COc1ccc(CCNC(=O)CSc2nc3ccccc3c(=O)n2-c2cccc(C)c2)cc1OC. The number of amides is 1. The fourth-order valence-electron chi connectivity index (χ4n) is 3.77. The van der Waals surface area contributed by atoms with E-state index in [1.807, 2.05) is 67.6 Å². The predicted octanol–water partition coefficient (Wildman–Crippen LogP) is 4.16. The van der Waals surface area contributed by atoms with E-state index in [2.05, 4.69) is 5.32 Å². The maximum absolute atomic E-state index is 13.3. The van der Waals surface area contributed by atoms with Gasteiger partial charge in [0.05, 0.1) is 36.6 Å². The van der Waals surface area contributed by atoms with Gasteiger partial charge in [0.15, 0.2) is 16.7 Å². The molecule has 4 aromatic rings. The van der Waals surface area contributed by atoms with E-state index in [1.165, 1.54) is 11.8 Å². The molecule has 4 rings (SSSR count). The third-order valence-electron chi connectivity index (χ3n) is 5.52. The highest BCUT2D eigenvalue weighted by Crippen LogP contribution is 2.27. The van der Waals surface area contributed by atoms with Crippen molar-refractivity contribution in [2.75, 3.05) is 26.5 Å². The minimum atomic E-state index is -0.155. The molecule has 7 nitrogen and oxygen atoms in total. The lowest BCUT2D eigenvalue weighted by Crippen LogP contribution is -2.28. The number of hydrogen-bond donors (Lipinski definition) is 1. The van der Waals surface area contributed by atoms with E-state index in [0.717, 1.165) is 16.8 Å². The first-order valence-electron chi connectivity index (χ1n) is 11.2. The Morgan fingerprint density at radius 2 is 1.80 bits per heavy atom. The molecule has 1 heterocycles. The number of benzene rings is 3. The quantitative estimate of drug-likeness (QED) is 0.281. The molecule has 0 aliphatic carbocycles. The molecule has 0 bridgehead atoms. The van der Waals surface area contributed by atoms with Crippen molar-refractivity contribution in [1.29, 1.82) is 0 Å². The zero-order chi connectivity index (χ0) is 24.8. The van der Waals surface area contributed by atoms with Crippen molar-refractivity contribution in [2.24, 2.45) is 0 Å². The van der Waals surface area contributed by atoms with Crippen molar-refractivity contribution in [3.63, 3.8) is 0 Å². The molecule has 3 aromatic carbocycles. The molecule has 1 amide bonds. The zero-order valence-corrected chi connectivity index (χ0v) is 20.7. The molecule has 8 heteroatoms. The Bertz CT molecular complexity index is 1420. The molecule has 0 unspecified atom stereocenters. The monoisotopic (exact) mass is 489 g/mol. The number of nitrogens with zero attached hydrogens (tertiary/aromatic N) is 2. The van der Waals surface area contributed by atoms with Gasteiger partial charge in [-0.25, -0.2) is 4.98 Å². The molecule has 0 aliphatic rings. The van der Waals surface area contributed by atoms with Crippen LogP contribution in [-0.4, -0.2) is 42.0 Å². The number of thioether (sulfide) groups is 1. The number of fused-ring (bicyclic) bond motifs is 1. The summed E-state index contributed by atoms with van der Waals surface area (Å²) < 4.78 is 12.2. The second-order valence-electron chi connectivity index (χ2n) is 7.97. The van der Waals surface area contributed by atoms with Crippen LogP contribution in [0.3, 0.4) is 0 Å². The first-order valence-corrected chi connectivity index (χ1v) is 12.2. The summed E-state index contributed by atoms with van der Waals surface area (Å²) in [7, 11) is 3.19. The summed E-state index contributed by atoms with van der Waals surface area (Å²) in [5, 5.41) is 3.96. The number of hydrogen-bond acceptors (Lipinski definition) is 6. The molecule has 1 aromatic heterocycles. The van der Waals surface area contributed by atoms with Crippen LogP contribution in [0.15, 0.2) is 76.7 Å². The van der Waals surface area contributed by atoms with Gasteiger partial charge in [0.2, 0.25) is 5.91 Å². The van der Waals surface area contributed by atoms with Crippen LogP contribution in [0.2, 0.25) is 0 Å². The molecule has 180 valence electrons. The van der Waals surface area contributed by atoms with E-state index in [0.29, 0.717) is 40.5 Å². The van der Waals surface area contributed by atoms with Crippen LogP contribution in [0.25, 0.3) is 16.6 Å². The third kappa shape index (κ3) is 5.66. The fraction of sp³-hybridized carbons (Fsp3) is 0.222. The summed E-state index contributed by atoms with van der Waals surface area (Å²) in [5.74, 6) is 1.33. The molecule has 0 fully saturated rings. The Hall–Kier alpha value is -3.78. The molecule has 0 saturated heterocycles. The number of carbonyl (C=O) groups excluding carboxylic acids is 1. The lowest BCUT2D eigenvalue weighted by Gasteiger charge is -2.14. The third-order valence-corrected chi connectivity index (χ3v) is 6.46. The highest BCUT2D eigenvalue weighted by Gasteiger charge is 2.15. The normalized spacial score (nSPS) is 10.8. The molecular formula is C27H27N3O4S. The molecule has 1 N–H and O–H groups in total. The fourth-order valence-corrected chi connectivity index (χ4v) is 4.61. The van der Waals surface area contributed by atoms with E-state index in [1.54, 1.807) is 24.9 Å². The maximum Gasteiger partial charge on any atom is 0.266 e. The number of aromatic nitrogens is 2. The van der Waals surface area contributed by atoms with Crippen LogP contribution in [0.4, 0.5) is 0 Å². The Morgan fingerprint density at radius 1 is 1.00 bits per heavy atom.